The number of hydrogen-bond acceptors (Lipinski definition) is 8. The SMILES string of the molecule is COc1ncc(-c2ccc3cnnc(N4CCNCC4)c3c2)cc1NS(=O)(=O)c1ccc(F)cc1F. The molecule has 4 aromatic rings. The van der Waals surface area contributed by atoms with E-state index in [1.165, 1.54) is 7.11 Å². The lowest BCUT2D eigenvalue weighted by atomic mass is 10.0. The van der Waals surface area contributed by atoms with E-state index in [1.807, 2.05) is 18.2 Å². The number of fused-ring (bicyclic) bond motifs is 1. The topological polar surface area (TPSA) is 109 Å². The first-order valence-corrected chi connectivity index (χ1v) is 12.6. The van der Waals surface area contributed by atoms with E-state index in [9.17, 15) is 17.2 Å². The van der Waals surface area contributed by atoms with Gasteiger partial charge in [-0.05, 0) is 29.8 Å². The van der Waals surface area contributed by atoms with E-state index in [1.54, 1.807) is 18.5 Å². The Labute approximate surface area is 206 Å². The second kappa shape index (κ2) is 9.63. The third-order valence-corrected chi connectivity index (χ3v) is 7.26. The molecule has 0 amide bonds. The van der Waals surface area contributed by atoms with Gasteiger partial charge < -0.3 is 15.0 Å². The Balaban J connectivity index is 1.54. The van der Waals surface area contributed by atoms with Crippen LogP contribution in [0.3, 0.4) is 0 Å². The molecule has 1 fully saturated rings. The summed E-state index contributed by atoms with van der Waals surface area (Å²) < 4.78 is 60.7. The van der Waals surface area contributed by atoms with E-state index in [-0.39, 0.29) is 11.6 Å². The van der Waals surface area contributed by atoms with Crippen LogP contribution < -0.4 is 19.7 Å². The predicted octanol–water partition coefficient (Wildman–Crippen LogP) is 3.19. The fourth-order valence-corrected chi connectivity index (χ4v) is 5.20. The van der Waals surface area contributed by atoms with Gasteiger partial charge in [-0.3, -0.25) is 4.72 Å². The van der Waals surface area contributed by atoms with Crippen molar-refractivity contribution in [1.82, 2.24) is 20.5 Å². The lowest BCUT2D eigenvalue weighted by molar-refractivity contribution is 0.400. The van der Waals surface area contributed by atoms with Crippen LogP contribution in [0.2, 0.25) is 0 Å². The Hall–Kier alpha value is -3.90. The summed E-state index contributed by atoms with van der Waals surface area (Å²) in [6, 6.07) is 9.51. The number of halogens is 2. The van der Waals surface area contributed by atoms with Gasteiger partial charge in [0, 0.05) is 54.8 Å². The highest BCUT2D eigenvalue weighted by atomic mass is 32.2. The fourth-order valence-electron chi connectivity index (χ4n) is 4.09. The van der Waals surface area contributed by atoms with Crippen LogP contribution in [0.4, 0.5) is 20.3 Å². The van der Waals surface area contributed by atoms with Crippen LogP contribution in [-0.4, -0.2) is 56.9 Å². The summed E-state index contributed by atoms with van der Waals surface area (Å²) in [6.45, 7) is 3.29. The average Bonchev–Trinajstić information content (AvgIpc) is 2.88. The number of anilines is 2. The highest BCUT2D eigenvalue weighted by Gasteiger charge is 2.22. The van der Waals surface area contributed by atoms with Crippen LogP contribution in [0.15, 0.2) is 59.8 Å². The summed E-state index contributed by atoms with van der Waals surface area (Å²) in [5, 5.41) is 13.6. The van der Waals surface area contributed by atoms with Gasteiger partial charge in [0.15, 0.2) is 5.82 Å². The maximum Gasteiger partial charge on any atom is 0.264 e. The Kier molecular flexibility index (Phi) is 6.37. The summed E-state index contributed by atoms with van der Waals surface area (Å²) in [5.74, 6) is -1.32. The molecule has 186 valence electrons. The highest BCUT2D eigenvalue weighted by molar-refractivity contribution is 7.92. The lowest BCUT2D eigenvalue weighted by Gasteiger charge is -2.28. The molecule has 0 unspecified atom stereocenters. The fraction of sp³-hybridized carbons (Fsp3) is 0.208. The van der Waals surface area contributed by atoms with Crippen LogP contribution in [0.5, 0.6) is 5.88 Å². The van der Waals surface area contributed by atoms with E-state index in [2.05, 4.69) is 30.1 Å². The molecule has 3 heterocycles. The molecular formula is C24H22F2N6O3S. The number of ether oxygens (including phenoxy) is 1. The van der Waals surface area contributed by atoms with Crippen LogP contribution in [-0.2, 0) is 10.0 Å². The molecule has 12 heteroatoms. The van der Waals surface area contributed by atoms with Crippen molar-refractivity contribution in [3.63, 3.8) is 0 Å². The minimum atomic E-state index is -4.39. The average molecular weight is 513 g/mol. The van der Waals surface area contributed by atoms with Crippen molar-refractivity contribution >= 4 is 32.3 Å². The van der Waals surface area contributed by atoms with Crippen molar-refractivity contribution in [3.8, 4) is 17.0 Å². The quantitative estimate of drug-likeness (QED) is 0.406. The van der Waals surface area contributed by atoms with Gasteiger partial charge >= 0.3 is 0 Å². The van der Waals surface area contributed by atoms with Gasteiger partial charge in [0.05, 0.1) is 13.3 Å². The van der Waals surface area contributed by atoms with Crippen molar-refractivity contribution in [3.05, 3.63) is 66.5 Å². The Morgan fingerprint density at radius 3 is 2.58 bits per heavy atom. The molecule has 0 spiro atoms. The van der Waals surface area contributed by atoms with Gasteiger partial charge in [0.1, 0.15) is 22.2 Å². The zero-order chi connectivity index (χ0) is 25.3. The van der Waals surface area contributed by atoms with Crippen LogP contribution in [0.25, 0.3) is 21.9 Å². The molecule has 5 rings (SSSR count). The Morgan fingerprint density at radius 2 is 1.83 bits per heavy atom. The Bertz CT molecular complexity index is 1540. The number of sulfonamides is 1. The molecule has 0 saturated carbocycles. The largest absolute Gasteiger partial charge is 0.480 e. The molecule has 0 aliphatic carbocycles. The molecule has 36 heavy (non-hydrogen) atoms. The van der Waals surface area contributed by atoms with Gasteiger partial charge in [-0.2, -0.15) is 5.10 Å². The predicted molar refractivity (Wildman–Crippen MR) is 132 cm³/mol. The Morgan fingerprint density at radius 1 is 1.03 bits per heavy atom. The number of methoxy groups -OCH3 is 1. The van der Waals surface area contributed by atoms with Crippen LogP contribution >= 0.6 is 0 Å². The maximum absolute atomic E-state index is 14.2. The molecule has 2 N–H and O–H groups in total. The van der Waals surface area contributed by atoms with E-state index in [4.69, 9.17) is 4.74 Å². The first-order chi connectivity index (χ1) is 17.4. The molecule has 0 atom stereocenters. The van der Waals surface area contributed by atoms with E-state index < -0.39 is 26.6 Å². The second-order valence-electron chi connectivity index (χ2n) is 8.17. The first-order valence-electron chi connectivity index (χ1n) is 11.1. The summed E-state index contributed by atoms with van der Waals surface area (Å²) >= 11 is 0. The first kappa shape index (κ1) is 23.8. The van der Waals surface area contributed by atoms with Crippen molar-refractivity contribution in [2.24, 2.45) is 0 Å². The van der Waals surface area contributed by atoms with Gasteiger partial charge in [-0.1, -0.05) is 12.1 Å². The van der Waals surface area contributed by atoms with E-state index in [0.29, 0.717) is 11.6 Å². The summed E-state index contributed by atoms with van der Waals surface area (Å²) in [4.78, 5) is 5.70. The molecule has 0 radical (unpaired) electrons. The van der Waals surface area contributed by atoms with E-state index in [0.717, 1.165) is 60.5 Å². The van der Waals surface area contributed by atoms with Gasteiger partial charge in [0.25, 0.3) is 10.0 Å². The normalized spacial score (nSPS) is 14.1. The van der Waals surface area contributed by atoms with Crippen LogP contribution in [0.1, 0.15) is 0 Å². The number of nitrogens with zero attached hydrogens (tertiary/aromatic N) is 4. The molecule has 9 nitrogen and oxygen atoms in total. The number of piperazine rings is 1. The van der Waals surface area contributed by atoms with E-state index >= 15 is 0 Å². The molecule has 1 aliphatic heterocycles. The standard InChI is InChI=1S/C24H22F2N6O3S/c1-35-24-21(31-36(33,34)22-5-4-18(25)12-20(22)26)11-17(13-28-24)15-2-3-16-14-29-30-23(19(16)10-15)32-8-6-27-7-9-32/h2-5,10-14,27,31H,6-9H2,1H3. The number of benzene rings is 2. The summed E-state index contributed by atoms with van der Waals surface area (Å²) in [7, 11) is -3.05. The summed E-state index contributed by atoms with van der Waals surface area (Å²) in [5.41, 5.74) is 1.36. The zero-order valence-electron chi connectivity index (χ0n) is 19.2. The number of aromatic nitrogens is 3. The summed E-state index contributed by atoms with van der Waals surface area (Å²) in [6.07, 6.45) is 3.24. The lowest BCUT2D eigenvalue weighted by Crippen LogP contribution is -2.44. The van der Waals surface area contributed by atoms with Gasteiger partial charge in [-0.15, -0.1) is 5.10 Å². The highest BCUT2D eigenvalue weighted by Crippen LogP contribution is 2.33. The minimum Gasteiger partial charge on any atom is -0.480 e. The number of hydrogen-bond donors (Lipinski definition) is 2. The molecule has 2 aromatic heterocycles. The molecule has 2 aromatic carbocycles. The molecule has 1 aliphatic rings. The third kappa shape index (κ3) is 4.64. The van der Waals surface area contributed by atoms with Crippen molar-refractivity contribution in [1.29, 1.82) is 0 Å². The smallest absolute Gasteiger partial charge is 0.264 e. The molecular weight excluding hydrogens is 490 g/mol. The zero-order valence-corrected chi connectivity index (χ0v) is 20.0. The number of nitrogens with one attached hydrogen (secondary N) is 2. The minimum absolute atomic E-state index is 0.00185. The van der Waals surface area contributed by atoms with Crippen molar-refractivity contribution < 1.29 is 21.9 Å². The molecule has 1 saturated heterocycles. The van der Waals surface area contributed by atoms with Gasteiger partial charge in [-0.25, -0.2) is 22.2 Å². The van der Waals surface area contributed by atoms with Crippen molar-refractivity contribution in [2.75, 3.05) is 42.9 Å². The van der Waals surface area contributed by atoms with Gasteiger partial charge in [0.2, 0.25) is 5.88 Å². The van der Waals surface area contributed by atoms with Crippen molar-refractivity contribution in [2.45, 2.75) is 4.90 Å². The van der Waals surface area contributed by atoms with Crippen LogP contribution in [0, 0.1) is 11.6 Å². The monoisotopic (exact) mass is 512 g/mol. The maximum atomic E-state index is 14.2. The third-order valence-electron chi connectivity index (χ3n) is 5.87. The number of pyridine rings is 1. The number of rotatable bonds is 6. The second-order valence-corrected chi connectivity index (χ2v) is 9.82. The molecule has 0 bridgehead atoms.